The van der Waals surface area contributed by atoms with Gasteiger partial charge in [-0.1, -0.05) is 50.1 Å². The molecule has 2 unspecified atom stereocenters. The SMILES string of the molecule is CCCCC1CN(Cc2ccccc2)C(=O)CN1CC(N)CS.Cl.Cl. The van der Waals surface area contributed by atoms with Gasteiger partial charge in [0.15, 0.2) is 0 Å². The zero-order chi connectivity index (χ0) is 16.7. The molecule has 0 aromatic heterocycles. The number of thiol groups is 1. The van der Waals surface area contributed by atoms with Crippen LogP contribution in [0.2, 0.25) is 0 Å². The first-order chi connectivity index (χ1) is 11.1. The minimum absolute atomic E-state index is 0. The fourth-order valence-electron chi connectivity index (χ4n) is 3.12. The van der Waals surface area contributed by atoms with Crippen LogP contribution in [-0.2, 0) is 11.3 Å². The lowest BCUT2D eigenvalue weighted by Gasteiger charge is -2.42. The van der Waals surface area contributed by atoms with Gasteiger partial charge in [0.25, 0.3) is 0 Å². The molecule has 144 valence electrons. The molecule has 1 heterocycles. The van der Waals surface area contributed by atoms with Gasteiger partial charge in [0, 0.05) is 37.5 Å². The first-order valence-electron chi connectivity index (χ1n) is 8.56. The van der Waals surface area contributed by atoms with Gasteiger partial charge in [-0.15, -0.1) is 24.8 Å². The summed E-state index contributed by atoms with van der Waals surface area (Å²) in [7, 11) is 0. The van der Waals surface area contributed by atoms with Crippen molar-refractivity contribution in [1.82, 2.24) is 9.80 Å². The predicted molar refractivity (Wildman–Crippen MR) is 113 cm³/mol. The number of rotatable bonds is 8. The molecule has 1 fully saturated rings. The highest BCUT2D eigenvalue weighted by Gasteiger charge is 2.32. The van der Waals surface area contributed by atoms with E-state index in [0.717, 1.165) is 19.5 Å². The standard InChI is InChI=1S/C18H29N3OS.2ClH/c1-2-3-9-17-12-21(10-15-7-5-4-6-8-15)18(22)13-20(17)11-16(19)14-23;;/h4-8,16-17,23H,2-3,9-14,19H2,1H3;2*1H. The van der Waals surface area contributed by atoms with Gasteiger partial charge in [0.1, 0.15) is 0 Å². The molecule has 25 heavy (non-hydrogen) atoms. The molecular weight excluding hydrogens is 377 g/mol. The third-order valence-corrected chi connectivity index (χ3v) is 4.92. The monoisotopic (exact) mass is 407 g/mol. The number of carbonyl (C=O) groups is 1. The molecule has 4 nitrogen and oxygen atoms in total. The minimum atomic E-state index is 0. The average molecular weight is 408 g/mol. The normalized spacial score (nSPS) is 19.1. The van der Waals surface area contributed by atoms with E-state index in [0.29, 0.717) is 24.9 Å². The smallest absolute Gasteiger partial charge is 0.237 e. The molecule has 0 spiro atoms. The molecule has 1 aromatic carbocycles. The molecule has 7 heteroatoms. The van der Waals surface area contributed by atoms with Crippen LogP contribution in [0.5, 0.6) is 0 Å². The van der Waals surface area contributed by atoms with E-state index >= 15 is 0 Å². The van der Waals surface area contributed by atoms with Crippen LogP contribution in [0.3, 0.4) is 0 Å². The minimum Gasteiger partial charge on any atom is -0.336 e. The second-order valence-corrected chi connectivity index (χ2v) is 6.79. The number of amides is 1. The van der Waals surface area contributed by atoms with Crippen LogP contribution in [0.4, 0.5) is 0 Å². The summed E-state index contributed by atoms with van der Waals surface area (Å²) < 4.78 is 0. The zero-order valence-electron chi connectivity index (χ0n) is 14.8. The maximum atomic E-state index is 12.5. The van der Waals surface area contributed by atoms with Gasteiger partial charge in [-0.3, -0.25) is 9.69 Å². The van der Waals surface area contributed by atoms with E-state index < -0.39 is 0 Å². The van der Waals surface area contributed by atoms with E-state index in [1.165, 1.54) is 18.4 Å². The summed E-state index contributed by atoms with van der Waals surface area (Å²) in [5.74, 6) is 0.854. The Kier molecular flexibility index (Phi) is 12.6. The second kappa shape index (κ2) is 12.8. The highest BCUT2D eigenvalue weighted by atomic mass is 35.5. The van der Waals surface area contributed by atoms with Gasteiger partial charge in [0.2, 0.25) is 5.91 Å². The Balaban J connectivity index is 0.00000288. The summed E-state index contributed by atoms with van der Waals surface area (Å²) in [6.07, 6.45) is 3.48. The Labute approximate surface area is 169 Å². The van der Waals surface area contributed by atoms with Crippen molar-refractivity contribution in [2.45, 2.75) is 44.8 Å². The number of unbranched alkanes of at least 4 members (excludes halogenated alkanes) is 1. The number of halogens is 2. The van der Waals surface area contributed by atoms with Crippen LogP contribution >= 0.6 is 37.4 Å². The summed E-state index contributed by atoms with van der Waals surface area (Å²) in [6.45, 7) is 4.94. The first kappa shape index (κ1) is 24.5. The summed E-state index contributed by atoms with van der Waals surface area (Å²) in [5.41, 5.74) is 7.25. The van der Waals surface area contributed by atoms with E-state index in [1.807, 2.05) is 23.1 Å². The number of hydrogen-bond donors (Lipinski definition) is 2. The Morgan fingerprint density at radius 3 is 2.56 bits per heavy atom. The molecule has 1 aromatic rings. The van der Waals surface area contributed by atoms with Crippen molar-refractivity contribution >= 4 is 43.4 Å². The van der Waals surface area contributed by atoms with Crippen molar-refractivity contribution in [1.29, 1.82) is 0 Å². The second-order valence-electron chi connectivity index (χ2n) is 6.43. The van der Waals surface area contributed by atoms with E-state index in [-0.39, 0.29) is 36.8 Å². The van der Waals surface area contributed by atoms with E-state index in [9.17, 15) is 4.79 Å². The highest BCUT2D eigenvalue weighted by molar-refractivity contribution is 7.80. The van der Waals surface area contributed by atoms with Crippen LogP contribution in [-0.4, -0.2) is 53.2 Å². The number of nitrogens with zero attached hydrogens (tertiary/aromatic N) is 2. The summed E-state index contributed by atoms with van der Waals surface area (Å²) in [6, 6.07) is 10.6. The molecule has 1 saturated heterocycles. The van der Waals surface area contributed by atoms with Gasteiger partial charge in [0.05, 0.1) is 6.54 Å². The maximum absolute atomic E-state index is 12.5. The third kappa shape index (κ3) is 7.75. The number of hydrogen-bond acceptors (Lipinski definition) is 4. The molecule has 0 saturated carbocycles. The Hall–Kier alpha value is -0.460. The molecule has 2 atom stereocenters. The molecular formula is C18H31Cl2N3OS. The maximum Gasteiger partial charge on any atom is 0.237 e. The topological polar surface area (TPSA) is 49.6 Å². The number of nitrogens with two attached hydrogens (primary N) is 1. The van der Waals surface area contributed by atoms with Crippen molar-refractivity contribution in [3.63, 3.8) is 0 Å². The molecule has 1 aliphatic heterocycles. The van der Waals surface area contributed by atoms with Gasteiger partial charge in [-0.2, -0.15) is 12.6 Å². The quantitative estimate of drug-likeness (QED) is 0.651. The van der Waals surface area contributed by atoms with E-state index in [1.54, 1.807) is 0 Å². The number of carbonyl (C=O) groups excluding carboxylic acids is 1. The Bertz CT molecular complexity index is 492. The molecule has 2 N–H and O–H groups in total. The third-order valence-electron chi connectivity index (χ3n) is 4.45. The highest BCUT2D eigenvalue weighted by Crippen LogP contribution is 2.19. The summed E-state index contributed by atoms with van der Waals surface area (Å²) in [5, 5.41) is 0. The van der Waals surface area contributed by atoms with Gasteiger partial charge in [-0.25, -0.2) is 0 Å². The van der Waals surface area contributed by atoms with Crippen molar-refractivity contribution < 1.29 is 4.79 Å². The fourth-order valence-corrected chi connectivity index (χ4v) is 3.23. The summed E-state index contributed by atoms with van der Waals surface area (Å²) >= 11 is 4.27. The fraction of sp³-hybridized carbons (Fsp3) is 0.611. The van der Waals surface area contributed by atoms with Crippen LogP contribution in [0.25, 0.3) is 0 Å². The van der Waals surface area contributed by atoms with Gasteiger partial charge >= 0.3 is 0 Å². The Morgan fingerprint density at radius 2 is 1.96 bits per heavy atom. The molecule has 0 bridgehead atoms. The average Bonchev–Trinajstić information content (AvgIpc) is 2.57. The number of piperazine rings is 1. The van der Waals surface area contributed by atoms with Gasteiger partial charge in [-0.05, 0) is 12.0 Å². The van der Waals surface area contributed by atoms with Crippen LogP contribution < -0.4 is 5.73 Å². The lowest BCUT2D eigenvalue weighted by Crippen LogP contribution is -2.58. The zero-order valence-corrected chi connectivity index (χ0v) is 17.4. The van der Waals surface area contributed by atoms with Crippen LogP contribution in [0.1, 0.15) is 31.7 Å². The molecule has 1 amide bonds. The van der Waals surface area contributed by atoms with Crippen LogP contribution in [0.15, 0.2) is 30.3 Å². The van der Waals surface area contributed by atoms with E-state index in [4.69, 9.17) is 5.73 Å². The van der Waals surface area contributed by atoms with Crippen molar-refractivity contribution in [3.8, 4) is 0 Å². The predicted octanol–water partition coefficient (Wildman–Crippen LogP) is 2.99. The Morgan fingerprint density at radius 1 is 1.28 bits per heavy atom. The summed E-state index contributed by atoms with van der Waals surface area (Å²) in [4.78, 5) is 16.8. The molecule has 1 aliphatic rings. The molecule has 0 aliphatic carbocycles. The largest absolute Gasteiger partial charge is 0.336 e. The van der Waals surface area contributed by atoms with Crippen molar-refractivity contribution in [3.05, 3.63) is 35.9 Å². The molecule has 2 rings (SSSR count). The first-order valence-corrected chi connectivity index (χ1v) is 9.19. The number of benzene rings is 1. The van der Waals surface area contributed by atoms with Gasteiger partial charge < -0.3 is 10.6 Å². The van der Waals surface area contributed by atoms with E-state index in [2.05, 4.69) is 36.6 Å². The molecule has 0 radical (unpaired) electrons. The lowest BCUT2D eigenvalue weighted by molar-refractivity contribution is -0.139. The van der Waals surface area contributed by atoms with Crippen molar-refractivity contribution in [2.75, 3.05) is 25.4 Å². The van der Waals surface area contributed by atoms with Crippen LogP contribution in [0, 0.1) is 0 Å². The lowest BCUT2D eigenvalue weighted by atomic mass is 10.0. The van der Waals surface area contributed by atoms with Crippen molar-refractivity contribution in [2.24, 2.45) is 5.73 Å².